The molecule has 0 saturated heterocycles. The van der Waals surface area contributed by atoms with Gasteiger partial charge in [-0.1, -0.05) is 24.3 Å². The lowest BCUT2D eigenvalue weighted by Gasteiger charge is -2.06. The monoisotopic (exact) mass is 239 g/mol. The van der Waals surface area contributed by atoms with Crippen molar-refractivity contribution in [3.8, 4) is 0 Å². The van der Waals surface area contributed by atoms with Crippen molar-refractivity contribution in [2.45, 2.75) is 13.1 Å². The van der Waals surface area contributed by atoms with Gasteiger partial charge in [0.25, 0.3) is 0 Å². The van der Waals surface area contributed by atoms with Gasteiger partial charge in [0.2, 0.25) is 0 Å². The van der Waals surface area contributed by atoms with Gasteiger partial charge in [0, 0.05) is 18.1 Å². The quantitative estimate of drug-likeness (QED) is 0.726. The van der Waals surface area contributed by atoms with Crippen molar-refractivity contribution in [1.29, 1.82) is 0 Å². The largest absolute Gasteiger partial charge is 0.306 e. The molecule has 5 nitrogen and oxygen atoms in total. The van der Waals surface area contributed by atoms with E-state index in [1.807, 2.05) is 12.3 Å². The van der Waals surface area contributed by atoms with Gasteiger partial charge in [-0.2, -0.15) is 5.10 Å². The van der Waals surface area contributed by atoms with Crippen LogP contribution in [0, 0.1) is 0 Å². The maximum atomic E-state index is 4.42. The Bertz CT molecular complexity index is 627. The highest BCUT2D eigenvalue weighted by Crippen LogP contribution is 2.15. The van der Waals surface area contributed by atoms with E-state index in [9.17, 15) is 0 Å². The molecule has 18 heavy (non-hydrogen) atoms. The Labute approximate surface area is 104 Å². The van der Waals surface area contributed by atoms with Crippen LogP contribution in [-0.2, 0) is 13.1 Å². The summed E-state index contributed by atoms with van der Waals surface area (Å²) in [5.74, 6) is 0.836. The third-order valence-corrected chi connectivity index (χ3v) is 2.79. The van der Waals surface area contributed by atoms with E-state index in [0.29, 0.717) is 6.54 Å². The van der Waals surface area contributed by atoms with Crippen LogP contribution >= 0.6 is 0 Å². The molecule has 2 N–H and O–H groups in total. The van der Waals surface area contributed by atoms with Crippen molar-refractivity contribution in [2.75, 3.05) is 0 Å². The Morgan fingerprint density at radius 2 is 2.00 bits per heavy atom. The summed E-state index contributed by atoms with van der Waals surface area (Å²) in [7, 11) is 0. The fourth-order valence-corrected chi connectivity index (χ4v) is 1.94. The number of hydrogen-bond donors (Lipinski definition) is 2. The fraction of sp³-hybridized carbons (Fsp3) is 0.154. The van der Waals surface area contributed by atoms with Crippen molar-refractivity contribution >= 4 is 10.9 Å². The smallest absolute Gasteiger partial charge is 0.138 e. The zero-order valence-electron chi connectivity index (χ0n) is 9.80. The van der Waals surface area contributed by atoms with E-state index in [-0.39, 0.29) is 0 Å². The molecule has 0 aliphatic heterocycles. The van der Waals surface area contributed by atoms with Gasteiger partial charge in [-0.05, 0) is 11.6 Å². The summed E-state index contributed by atoms with van der Waals surface area (Å²) < 4.78 is 0. The zero-order valence-corrected chi connectivity index (χ0v) is 9.80. The van der Waals surface area contributed by atoms with Gasteiger partial charge in [0.05, 0.1) is 12.1 Å². The molecule has 0 aliphatic rings. The van der Waals surface area contributed by atoms with E-state index in [1.54, 1.807) is 0 Å². The molecular weight excluding hydrogens is 226 g/mol. The molecule has 0 radical (unpaired) electrons. The Hall–Kier alpha value is -2.27. The molecule has 2 aromatic heterocycles. The highest BCUT2D eigenvalue weighted by Gasteiger charge is 2.01. The van der Waals surface area contributed by atoms with Gasteiger partial charge >= 0.3 is 0 Å². The highest BCUT2D eigenvalue weighted by molar-refractivity contribution is 5.81. The molecule has 0 bridgehead atoms. The predicted octanol–water partition coefficient (Wildman–Crippen LogP) is 1.64. The Balaban J connectivity index is 1.74. The van der Waals surface area contributed by atoms with Gasteiger partial charge in [0.15, 0.2) is 0 Å². The minimum atomic E-state index is 0.670. The first-order chi connectivity index (χ1) is 8.93. The lowest BCUT2D eigenvalue weighted by atomic mass is 10.1. The topological polar surface area (TPSA) is 66.5 Å². The van der Waals surface area contributed by atoms with Gasteiger partial charge < -0.3 is 5.32 Å². The van der Waals surface area contributed by atoms with Crippen molar-refractivity contribution < 1.29 is 0 Å². The normalized spacial score (nSPS) is 10.9. The predicted molar refractivity (Wildman–Crippen MR) is 68.7 cm³/mol. The van der Waals surface area contributed by atoms with Crippen LogP contribution in [-0.4, -0.2) is 20.2 Å². The minimum absolute atomic E-state index is 0.670. The zero-order chi connectivity index (χ0) is 12.2. The number of aromatic nitrogens is 4. The Morgan fingerprint density at radius 1 is 1.06 bits per heavy atom. The van der Waals surface area contributed by atoms with Crippen LogP contribution in [0.15, 0.2) is 42.9 Å². The molecule has 0 unspecified atom stereocenters. The standard InChI is InChI=1S/C13H13N5/c1-3-10-5-2-6-15-13(10)11(4-1)7-14-8-12-16-9-17-18-12/h1-6,9,14H,7-8H2,(H,16,17,18). The van der Waals surface area contributed by atoms with Gasteiger partial charge in [-0.15, -0.1) is 0 Å². The lowest BCUT2D eigenvalue weighted by Crippen LogP contribution is -2.14. The van der Waals surface area contributed by atoms with Crippen LogP contribution in [0.4, 0.5) is 0 Å². The van der Waals surface area contributed by atoms with E-state index in [4.69, 9.17) is 0 Å². The third-order valence-electron chi connectivity index (χ3n) is 2.79. The number of rotatable bonds is 4. The summed E-state index contributed by atoms with van der Waals surface area (Å²) in [6.45, 7) is 1.43. The first-order valence-corrected chi connectivity index (χ1v) is 5.81. The van der Waals surface area contributed by atoms with Crippen LogP contribution in [0.25, 0.3) is 10.9 Å². The first-order valence-electron chi connectivity index (χ1n) is 5.81. The van der Waals surface area contributed by atoms with E-state index in [0.717, 1.165) is 23.3 Å². The molecule has 1 aromatic carbocycles. The molecule has 0 aliphatic carbocycles. The van der Waals surface area contributed by atoms with Crippen molar-refractivity contribution in [1.82, 2.24) is 25.5 Å². The van der Waals surface area contributed by atoms with Crippen molar-refractivity contribution in [2.24, 2.45) is 0 Å². The van der Waals surface area contributed by atoms with Crippen LogP contribution in [0.5, 0.6) is 0 Å². The molecule has 0 amide bonds. The van der Waals surface area contributed by atoms with E-state index in [1.165, 1.54) is 11.9 Å². The molecule has 0 saturated carbocycles. The number of fused-ring (bicyclic) bond motifs is 1. The number of nitrogens with zero attached hydrogens (tertiary/aromatic N) is 3. The third kappa shape index (κ3) is 2.21. The summed E-state index contributed by atoms with van der Waals surface area (Å²) in [4.78, 5) is 8.49. The molecule has 0 spiro atoms. The molecule has 5 heteroatoms. The fourth-order valence-electron chi connectivity index (χ4n) is 1.94. The lowest BCUT2D eigenvalue weighted by molar-refractivity contribution is 0.667. The second-order valence-corrected chi connectivity index (χ2v) is 4.03. The number of hydrogen-bond acceptors (Lipinski definition) is 4. The molecule has 3 aromatic rings. The first kappa shape index (κ1) is 10.9. The van der Waals surface area contributed by atoms with Crippen LogP contribution in [0.2, 0.25) is 0 Å². The summed E-state index contributed by atoms with van der Waals surface area (Å²) in [5, 5.41) is 11.1. The SMILES string of the molecule is c1cnc2c(CNCc3ncn[nH]3)cccc2c1. The van der Waals surface area contributed by atoms with Crippen LogP contribution < -0.4 is 5.32 Å². The second-order valence-electron chi connectivity index (χ2n) is 4.03. The number of aromatic amines is 1. The molecule has 2 heterocycles. The Kier molecular flexibility index (Phi) is 2.97. The summed E-state index contributed by atoms with van der Waals surface area (Å²) in [5.41, 5.74) is 2.23. The molecular formula is C13H13N5. The Morgan fingerprint density at radius 3 is 2.89 bits per heavy atom. The summed E-state index contributed by atoms with van der Waals surface area (Å²) in [6, 6.07) is 10.2. The van der Waals surface area contributed by atoms with Gasteiger partial charge in [0.1, 0.15) is 12.2 Å². The maximum Gasteiger partial charge on any atom is 0.138 e. The minimum Gasteiger partial charge on any atom is -0.306 e. The number of nitrogens with one attached hydrogen (secondary N) is 2. The molecule has 0 fully saturated rings. The summed E-state index contributed by atoms with van der Waals surface area (Å²) in [6.07, 6.45) is 3.33. The van der Waals surface area contributed by atoms with Crippen molar-refractivity contribution in [3.63, 3.8) is 0 Å². The highest BCUT2D eigenvalue weighted by atomic mass is 15.2. The molecule has 90 valence electrons. The van der Waals surface area contributed by atoms with E-state index in [2.05, 4.69) is 49.7 Å². The van der Waals surface area contributed by atoms with E-state index < -0.39 is 0 Å². The number of H-pyrrole nitrogens is 1. The number of para-hydroxylation sites is 1. The van der Waals surface area contributed by atoms with E-state index >= 15 is 0 Å². The number of pyridine rings is 1. The van der Waals surface area contributed by atoms with Gasteiger partial charge in [-0.25, -0.2) is 4.98 Å². The van der Waals surface area contributed by atoms with Crippen molar-refractivity contribution in [3.05, 3.63) is 54.2 Å². The second kappa shape index (κ2) is 4.93. The number of benzene rings is 1. The van der Waals surface area contributed by atoms with Gasteiger partial charge in [-0.3, -0.25) is 10.1 Å². The maximum absolute atomic E-state index is 4.42. The average Bonchev–Trinajstić information content (AvgIpc) is 2.92. The summed E-state index contributed by atoms with van der Waals surface area (Å²) >= 11 is 0. The molecule has 3 rings (SSSR count). The van der Waals surface area contributed by atoms with Crippen LogP contribution in [0.3, 0.4) is 0 Å². The van der Waals surface area contributed by atoms with Crippen LogP contribution in [0.1, 0.15) is 11.4 Å². The average molecular weight is 239 g/mol. The molecule has 0 atom stereocenters.